The van der Waals surface area contributed by atoms with Gasteiger partial charge in [-0.1, -0.05) is 24.3 Å². The van der Waals surface area contributed by atoms with E-state index in [0.29, 0.717) is 49.6 Å². The van der Waals surface area contributed by atoms with Gasteiger partial charge in [0.25, 0.3) is 0 Å². The lowest BCUT2D eigenvalue weighted by Gasteiger charge is -2.32. The Balaban J connectivity index is 1.40. The van der Waals surface area contributed by atoms with Crippen LogP contribution in [0.15, 0.2) is 42.5 Å². The zero-order chi connectivity index (χ0) is 33.9. The number of carbonyl (C=O) groups excluding carboxylic acids is 4. The number of anilines is 2. The minimum absolute atomic E-state index is 0.0245. The number of amides is 5. The van der Waals surface area contributed by atoms with Gasteiger partial charge in [-0.05, 0) is 82.2 Å². The lowest BCUT2D eigenvalue weighted by Crippen LogP contribution is -2.45. The van der Waals surface area contributed by atoms with Crippen molar-refractivity contribution in [3.8, 4) is 5.75 Å². The maximum Gasteiger partial charge on any atom is 0.408 e. The van der Waals surface area contributed by atoms with Crippen molar-refractivity contribution in [3.63, 3.8) is 0 Å². The summed E-state index contributed by atoms with van der Waals surface area (Å²) in [5.41, 5.74) is 2.05. The molecule has 5 amide bonds. The molecule has 0 aliphatic carbocycles. The third-order valence-electron chi connectivity index (χ3n) is 7.46. The molecule has 5 N–H and O–H groups in total. The van der Waals surface area contributed by atoms with Crippen LogP contribution in [-0.4, -0.2) is 78.3 Å². The summed E-state index contributed by atoms with van der Waals surface area (Å²) in [6, 6.07) is 11.0. The molecule has 3 rings (SSSR count). The van der Waals surface area contributed by atoms with Gasteiger partial charge in [-0.3, -0.25) is 9.59 Å². The molecular formula is C33H45N5O8. The molecule has 0 unspecified atom stereocenters. The molecule has 0 saturated carbocycles. The molecule has 46 heavy (non-hydrogen) atoms. The summed E-state index contributed by atoms with van der Waals surface area (Å²) < 4.78 is 10.6. The molecule has 13 nitrogen and oxygen atoms in total. The number of nitrogens with one attached hydrogen (secondary N) is 4. The number of piperidine rings is 1. The maximum absolute atomic E-state index is 12.7. The standard InChI is InChI=1S/C33H45N5O8/c1-21-8-6-7-9-24(21)35-31(43)36-25-11-10-23(18-27(25)45-5)19-28(39)34-20-22-14-16-38(17-15-22)29(40)13-12-26(30(41)42)37-32(44)46-33(2,3)4/h6-11,18,22,26H,12-17,19-20H2,1-5H3,(H,34,39)(H,37,44)(H,41,42)(H2,35,36,43)/t26-/m0/s1. The molecule has 0 bridgehead atoms. The highest BCUT2D eigenvalue weighted by molar-refractivity contribution is 6.01. The van der Waals surface area contributed by atoms with E-state index in [4.69, 9.17) is 9.47 Å². The number of nitrogens with zero attached hydrogens (tertiary/aromatic N) is 1. The number of urea groups is 1. The molecule has 1 aliphatic rings. The Morgan fingerprint density at radius 1 is 1.00 bits per heavy atom. The number of methoxy groups -OCH3 is 1. The largest absolute Gasteiger partial charge is 0.495 e. The number of rotatable bonds is 12. The highest BCUT2D eigenvalue weighted by Gasteiger charge is 2.27. The first-order chi connectivity index (χ1) is 21.7. The summed E-state index contributed by atoms with van der Waals surface area (Å²) in [6.07, 6.45) is 0.606. The van der Waals surface area contributed by atoms with Crippen LogP contribution < -0.4 is 26.0 Å². The molecule has 1 atom stereocenters. The second kappa shape index (κ2) is 16.5. The van der Waals surface area contributed by atoms with Crippen molar-refractivity contribution < 1.29 is 38.6 Å². The van der Waals surface area contributed by atoms with E-state index in [1.807, 2.05) is 31.2 Å². The number of aryl methyl sites for hydroxylation is 1. The zero-order valence-electron chi connectivity index (χ0n) is 27.1. The molecule has 2 aromatic rings. The third-order valence-corrected chi connectivity index (χ3v) is 7.46. The molecule has 1 aliphatic heterocycles. The Morgan fingerprint density at radius 3 is 2.30 bits per heavy atom. The van der Waals surface area contributed by atoms with E-state index in [1.165, 1.54) is 7.11 Å². The van der Waals surface area contributed by atoms with Crippen LogP contribution in [0.4, 0.5) is 21.0 Å². The highest BCUT2D eigenvalue weighted by Crippen LogP contribution is 2.26. The average molecular weight is 640 g/mol. The first kappa shape index (κ1) is 35.7. The first-order valence-electron chi connectivity index (χ1n) is 15.3. The van der Waals surface area contributed by atoms with E-state index in [1.54, 1.807) is 43.9 Å². The summed E-state index contributed by atoms with van der Waals surface area (Å²) in [4.78, 5) is 63.2. The fourth-order valence-corrected chi connectivity index (χ4v) is 4.96. The second-order valence-corrected chi connectivity index (χ2v) is 12.3. The molecule has 0 aromatic heterocycles. The number of aliphatic carboxylic acids is 1. The quantitative estimate of drug-likeness (QED) is 0.228. The fourth-order valence-electron chi connectivity index (χ4n) is 4.96. The molecule has 1 heterocycles. The number of para-hydroxylation sites is 1. The van der Waals surface area contributed by atoms with Gasteiger partial charge in [0, 0.05) is 31.7 Å². The molecule has 1 fully saturated rings. The van der Waals surface area contributed by atoms with Gasteiger partial charge in [0.05, 0.1) is 19.2 Å². The van der Waals surface area contributed by atoms with Gasteiger partial charge in [0.1, 0.15) is 17.4 Å². The molecule has 250 valence electrons. The van der Waals surface area contributed by atoms with Crippen molar-refractivity contribution >= 4 is 41.3 Å². The summed E-state index contributed by atoms with van der Waals surface area (Å²) in [5.74, 6) is -0.949. The number of ether oxygens (including phenoxy) is 2. The van der Waals surface area contributed by atoms with Crippen molar-refractivity contribution in [2.45, 2.75) is 71.4 Å². The Labute approximate surface area is 269 Å². The number of carboxylic acids is 1. The molecule has 0 radical (unpaired) electrons. The first-order valence-corrected chi connectivity index (χ1v) is 15.3. The van der Waals surface area contributed by atoms with E-state index < -0.39 is 29.7 Å². The monoisotopic (exact) mass is 639 g/mol. The average Bonchev–Trinajstić information content (AvgIpc) is 2.99. The van der Waals surface area contributed by atoms with Gasteiger partial charge in [-0.2, -0.15) is 0 Å². The van der Waals surface area contributed by atoms with Gasteiger partial charge in [0.15, 0.2) is 0 Å². The van der Waals surface area contributed by atoms with Gasteiger partial charge in [0.2, 0.25) is 11.8 Å². The summed E-state index contributed by atoms with van der Waals surface area (Å²) in [7, 11) is 1.49. The van der Waals surface area contributed by atoms with Gasteiger partial charge < -0.3 is 40.7 Å². The normalized spacial score (nSPS) is 14.1. The Morgan fingerprint density at radius 2 is 1.67 bits per heavy atom. The van der Waals surface area contributed by atoms with Crippen molar-refractivity contribution in [2.75, 3.05) is 37.4 Å². The molecule has 1 saturated heterocycles. The van der Waals surface area contributed by atoms with Crippen LogP contribution in [0.1, 0.15) is 57.6 Å². The molecular weight excluding hydrogens is 594 g/mol. The van der Waals surface area contributed by atoms with Crippen molar-refractivity contribution in [3.05, 3.63) is 53.6 Å². The minimum atomic E-state index is -1.24. The lowest BCUT2D eigenvalue weighted by atomic mass is 9.96. The number of carboxylic acid groups (broad SMARTS) is 1. The lowest BCUT2D eigenvalue weighted by molar-refractivity contribution is -0.140. The van der Waals surface area contributed by atoms with Gasteiger partial charge in [-0.25, -0.2) is 14.4 Å². The summed E-state index contributed by atoms with van der Waals surface area (Å²) >= 11 is 0. The smallest absolute Gasteiger partial charge is 0.408 e. The Bertz CT molecular complexity index is 1400. The third kappa shape index (κ3) is 11.6. The maximum atomic E-state index is 12.7. The van der Waals surface area contributed by atoms with Gasteiger partial charge >= 0.3 is 18.1 Å². The topological polar surface area (TPSA) is 175 Å². The van der Waals surface area contributed by atoms with Crippen LogP contribution in [0.25, 0.3) is 0 Å². The number of hydrogen-bond acceptors (Lipinski definition) is 7. The van der Waals surface area contributed by atoms with Crippen LogP contribution >= 0.6 is 0 Å². The molecule has 0 spiro atoms. The highest BCUT2D eigenvalue weighted by atomic mass is 16.6. The summed E-state index contributed by atoms with van der Waals surface area (Å²) in [5, 5.41) is 20.3. The number of hydrogen-bond donors (Lipinski definition) is 5. The number of benzene rings is 2. The predicted molar refractivity (Wildman–Crippen MR) is 173 cm³/mol. The predicted octanol–water partition coefficient (Wildman–Crippen LogP) is 4.30. The van der Waals surface area contributed by atoms with Crippen molar-refractivity contribution in [1.29, 1.82) is 0 Å². The van der Waals surface area contributed by atoms with Crippen LogP contribution in [0.2, 0.25) is 0 Å². The van der Waals surface area contributed by atoms with E-state index in [2.05, 4.69) is 21.3 Å². The van der Waals surface area contributed by atoms with E-state index in [9.17, 15) is 29.1 Å². The van der Waals surface area contributed by atoms with Crippen molar-refractivity contribution in [2.24, 2.45) is 5.92 Å². The Kier molecular flexibility index (Phi) is 12.8. The van der Waals surface area contributed by atoms with Gasteiger partial charge in [-0.15, -0.1) is 0 Å². The van der Waals surface area contributed by atoms with E-state index in [0.717, 1.165) is 11.1 Å². The summed E-state index contributed by atoms with van der Waals surface area (Å²) in [6.45, 7) is 8.39. The molecule has 2 aromatic carbocycles. The number of carbonyl (C=O) groups is 5. The molecule has 13 heteroatoms. The van der Waals surface area contributed by atoms with Crippen molar-refractivity contribution in [1.82, 2.24) is 15.5 Å². The Hall–Kier alpha value is -4.81. The SMILES string of the molecule is COc1cc(CC(=O)NCC2CCN(C(=O)CC[C@H](NC(=O)OC(C)(C)C)C(=O)O)CC2)ccc1NC(=O)Nc1ccccc1C. The van der Waals surface area contributed by atoms with E-state index >= 15 is 0 Å². The minimum Gasteiger partial charge on any atom is -0.495 e. The second-order valence-electron chi connectivity index (χ2n) is 12.3. The number of alkyl carbamates (subject to hydrolysis) is 1. The fraction of sp³-hybridized carbons (Fsp3) is 0.485. The van der Waals surface area contributed by atoms with Crippen LogP contribution in [-0.2, 0) is 25.5 Å². The number of likely N-dealkylation sites (tertiary alicyclic amines) is 1. The zero-order valence-corrected chi connectivity index (χ0v) is 27.1. The van der Waals surface area contributed by atoms with Crippen LogP contribution in [0.3, 0.4) is 0 Å². The van der Waals surface area contributed by atoms with Crippen LogP contribution in [0.5, 0.6) is 5.75 Å². The van der Waals surface area contributed by atoms with Crippen LogP contribution in [0, 0.1) is 12.8 Å². The van der Waals surface area contributed by atoms with E-state index in [-0.39, 0.29) is 37.0 Å².